The third-order valence-corrected chi connectivity index (χ3v) is 4.02. The molecule has 0 fully saturated rings. The minimum Gasteiger partial charge on any atom is -0.493 e. The van der Waals surface area contributed by atoms with E-state index in [0.717, 1.165) is 5.69 Å². The quantitative estimate of drug-likeness (QED) is 0.563. The van der Waals surface area contributed by atoms with Crippen molar-refractivity contribution >= 4 is 28.9 Å². The second kappa shape index (κ2) is 9.36. The number of benzene rings is 2. The summed E-state index contributed by atoms with van der Waals surface area (Å²) in [6, 6.07) is 17.7. The SMILES string of the molecule is COc1ccccc1OCC(=O)Nc1ccc(Nc2cccc(C(C)=O)c2)nc1. The zero-order valence-electron chi connectivity index (χ0n) is 16.1. The second-order valence-electron chi connectivity index (χ2n) is 6.18. The number of hydrogen-bond donors (Lipinski definition) is 2. The van der Waals surface area contributed by atoms with Gasteiger partial charge in [-0.15, -0.1) is 0 Å². The van der Waals surface area contributed by atoms with Crippen LogP contribution in [0.2, 0.25) is 0 Å². The Bertz CT molecular complexity index is 1000. The molecule has 0 spiro atoms. The van der Waals surface area contributed by atoms with E-state index in [9.17, 15) is 9.59 Å². The summed E-state index contributed by atoms with van der Waals surface area (Å²) in [4.78, 5) is 27.9. The van der Waals surface area contributed by atoms with E-state index in [1.165, 1.54) is 13.1 Å². The lowest BCUT2D eigenvalue weighted by atomic mass is 10.1. The molecule has 0 unspecified atom stereocenters. The van der Waals surface area contributed by atoms with Crippen molar-refractivity contribution in [3.8, 4) is 11.5 Å². The van der Waals surface area contributed by atoms with E-state index in [2.05, 4.69) is 15.6 Å². The molecular formula is C22H21N3O4. The number of ether oxygens (including phenoxy) is 2. The summed E-state index contributed by atoms with van der Waals surface area (Å²) < 4.78 is 10.7. The van der Waals surface area contributed by atoms with Crippen molar-refractivity contribution in [1.29, 1.82) is 0 Å². The van der Waals surface area contributed by atoms with Gasteiger partial charge in [-0.05, 0) is 43.3 Å². The van der Waals surface area contributed by atoms with Gasteiger partial charge in [0.2, 0.25) is 0 Å². The van der Waals surface area contributed by atoms with Crippen molar-refractivity contribution in [2.75, 3.05) is 24.4 Å². The topological polar surface area (TPSA) is 89.5 Å². The molecule has 0 aliphatic heterocycles. The van der Waals surface area contributed by atoms with Gasteiger partial charge >= 0.3 is 0 Å². The van der Waals surface area contributed by atoms with Crippen LogP contribution in [-0.2, 0) is 4.79 Å². The highest BCUT2D eigenvalue weighted by molar-refractivity contribution is 5.95. The Morgan fingerprint density at radius 2 is 1.76 bits per heavy atom. The highest BCUT2D eigenvalue weighted by Crippen LogP contribution is 2.25. The van der Waals surface area contributed by atoms with Crippen molar-refractivity contribution in [3.05, 3.63) is 72.4 Å². The smallest absolute Gasteiger partial charge is 0.262 e. The van der Waals surface area contributed by atoms with E-state index in [1.807, 2.05) is 12.1 Å². The van der Waals surface area contributed by atoms with Gasteiger partial charge in [-0.25, -0.2) is 4.98 Å². The summed E-state index contributed by atoms with van der Waals surface area (Å²) in [5.41, 5.74) is 1.92. The molecule has 2 N–H and O–H groups in total. The molecule has 3 rings (SSSR count). The highest BCUT2D eigenvalue weighted by Gasteiger charge is 2.08. The Balaban J connectivity index is 1.55. The molecule has 0 aliphatic rings. The average Bonchev–Trinajstić information content (AvgIpc) is 2.74. The van der Waals surface area contributed by atoms with Crippen molar-refractivity contribution in [3.63, 3.8) is 0 Å². The fourth-order valence-electron chi connectivity index (χ4n) is 2.58. The summed E-state index contributed by atoms with van der Waals surface area (Å²) in [5, 5.41) is 5.85. The van der Waals surface area contributed by atoms with Gasteiger partial charge in [0.15, 0.2) is 23.9 Å². The number of carbonyl (C=O) groups is 2. The molecule has 0 radical (unpaired) electrons. The van der Waals surface area contributed by atoms with Gasteiger partial charge in [-0.2, -0.15) is 0 Å². The molecule has 1 amide bonds. The minimum atomic E-state index is -0.312. The molecule has 148 valence electrons. The molecule has 29 heavy (non-hydrogen) atoms. The van der Waals surface area contributed by atoms with Gasteiger partial charge < -0.3 is 20.1 Å². The first kappa shape index (κ1) is 19.9. The van der Waals surface area contributed by atoms with Crippen LogP contribution in [0.25, 0.3) is 0 Å². The van der Waals surface area contributed by atoms with Crippen molar-refractivity contribution in [1.82, 2.24) is 4.98 Å². The van der Waals surface area contributed by atoms with E-state index in [0.29, 0.717) is 28.6 Å². The maximum absolute atomic E-state index is 12.1. The van der Waals surface area contributed by atoms with Crippen LogP contribution in [0.1, 0.15) is 17.3 Å². The molecule has 0 aliphatic carbocycles. The Morgan fingerprint density at radius 3 is 2.45 bits per heavy atom. The van der Waals surface area contributed by atoms with Gasteiger partial charge in [0.1, 0.15) is 5.82 Å². The normalized spacial score (nSPS) is 10.1. The summed E-state index contributed by atoms with van der Waals surface area (Å²) in [6.45, 7) is 1.37. The molecule has 0 atom stereocenters. The third kappa shape index (κ3) is 5.55. The molecule has 0 saturated heterocycles. The van der Waals surface area contributed by atoms with E-state index in [-0.39, 0.29) is 18.3 Å². The second-order valence-corrected chi connectivity index (χ2v) is 6.18. The van der Waals surface area contributed by atoms with Crippen LogP contribution >= 0.6 is 0 Å². The molecule has 2 aromatic carbocycles. The first-order valence-corrected chi connectivity index (χ1v) is 8.95. The third-order valence-electron chi connectivity index (χ3n) is 4.02. The maximum Gasteiger partial charge on any atom is 0.262 e. The number of aromatic nitrogens is 1. The Kier molecular flexibility index (Phi) is 6.42. The maximum atomic E-state index is 12.1. The van der Waals surface area contributed by atoms with Crippen LogP contribution in [0.3, 0.4) is 0 Å². The number of pyridine rings is 1. The minimum absolute atomic E-state index is 0.00462. The fraction of sp³-hybridized carbons (Fsp3) is 0.136. The van der Waals surface area contributed by atoms with Gasteiger partial charge in [0.25, 0.3) is 5.91 Å². The average molecular weight is 391 g/mol. The monoisotopic (exact) mass is 391 g/mol. The number of anilines is 3. The van der Waals surface area contributed by atoms with Gasteiger partial charge in [-0.1, -0.05) is 24.3 Å². The van der Waals surface area contributed by atoms with Crippen LogP contribution in [0, 0.1) is 0 Å². The van der Waals surface area contributed by atoms with Crippen LogP contribution < -0.4 is 20.1 Å². The molecule has 0 saturated carbocycles. The molecular weight excluding hydrogens is 370 g/mol. The largest absolute Gasteiger partial charge is 0.493 e. The molecule has 7 nitrogen and oxygen atoms in total. The number of amides is 1. The number of methoxy groups -OCH3 is 1. The Morgan fingerprint density at radius 1 is 0.966 bits per heavy atom. The molecule has 7 heteroatoms. The lowest BCUT2D eigenvalue weighted by Crippen LogP contribution is -2.20. The summed E-state index contributed by atoms with van der Waals surface area (Å²) in [7, 11) is 1.54. The molecule has 1 aromatic heterocycles. The zero-order chi connectivity index (χ0) is 20.6. The van der Waals surface area contributed by atoms with Crippen LogP contribution in [0.15, 0.2) is 66.9 Å². The number of nitrogens with zero attached hydrogens (tertiary/aromatic N) is 1. The van der Waals surface area contributed by atoms with Crippen molar-refractivity contribution < 1.29 is 19.1 Å². The lowest BCUT2D eigenvalue weighted by molar-refractivity contribution is -0.118. The number of carbonyl (C=O) groups excluding carboxylic acids is 2. The number of ketones is 1. The van der Waals surface area contributed by atoms with E-state index in [1.54, 1.807) is 55.6 Å². The van der Waals surface area contributed by atoms with Gasteiger partial charge in [0, 0.05) is 11.3 Å². The number of Topliss-reactive ketones (excluding diaryl/α,β-unsaturated/α-hetero) is 1. The first-order chi connectivity index (χ1) is 14.0. The summed E-state index contributed by atoms with van der Waals surface area (Å²) in [6.07, 6.45) is 1.54. The predicted molar refractivity (Wildman–Crippen MR) is 111 cm³/mol. The summed E-state index contributed by atoms with van der Waals surface area (Å²) in [5.74, 6) is 1.33. The fourth-order valence-corrected chi connectivity index (χ4v) is 2.58. The first-order valence-electron chi connectivity index (χ1n) is 8.95. The van der Waals surface area contributed by atoms with Crippen molar-refractivity contribution in [2.24, 2.45) is 0 Å². The predicted octanol–water partition coefficient (Wildman–Crippen LogP) is 4.05. The van der Waals surface area contributed by atoms with Gasteiger partial charge in [0.05, 0.1) is 19.0 Å². The van der Waals surface area contributed by atoms with Crippen LogP contribution in [0.5, 0.6) is 11.5 Å². The van der Waals surface area contributed by atoms with Crippen LogP contribution in [-0.4, -0.2) is 30.4 Å². The van der Waals surface area contributed by atoms with Crippen molar-refractivity contribution in [2.45, 2.75) is 6.92 Å². The highest BCUT2D eigenvalue weighted by atomic mass is 16.5. The van der Waals surface area contributed by atoms with E-state index in [4.69, 9.17) is 9.47 Å². The van der Waals surface area contributed by atoms with Gasteiger partial charge in [-0.3, -0.25) is 9.59 Å². The lowest BCUT2D eigenvalue weighted by Gasteiger charge is -2.11. The van der Waals surface area contributed by atoms with Crippen LogP contribution in [0.4, 0.5) is 17.2 Å². The molecule has 1 heterocycles. The molecule has 0 bridgehead atoms. The Hall–Kier alpha value is -3.87. The number of hydrogen-bond acceptors (Lipinski definition) is 6. The number of rotatable bonds is 8. The standard InChI is InChI=1S/C22H21N3O4/c1-15(26)16-6-5-7-17(12-16)24-21-11-10-18(13-23-21)25-22(27)14-29-20-9-4-3-8-19(20)28-2/h3-13H,14H2,1-2H3,(H,23,24)(H,25,27). The number of para-hydroxylation sites is 2. The zero-order valence-corrected chi connectivity index (χ0v) is 16.1. The Labute approximate surface area is 168 Å². The summed E-state index contributed by atoms with van der Waals surface area (Å²) >= 11 is 0. The van der Waals surface area contributed by atoms with E-state index >= 15 is 0 Å². The number of nitrogens with one attached hydrogen (secondary N) is 2. The van der Waals surface area contributed by atoms with E-state index < -0.39 is 0 Å². The molecule has 3 aromatic rings.